The summed E-state index contributed by atoms with van der Waals surface area (Å²) < 4.78 is 32.9. The summed E-state index contributed by atoms with van der Waals surface area (Å²) in [6.45, 7) is 8.22. The molecule has 380 valence electrons. The maximum absolute atomic E-state index is 12.9. The zero-order valence-electron chi connectivity index (χ0n) is 42.1. The van der Waals surface area contributed by atoms with Gasteiger partial charge >= 0.3 is 35.8 Å². The van der Waals surface area contributed by atoms with Crippen LogP contribution in [0.5, 0.6) is 23.0 Å². The van der Waals surface area contributed by atoms with Gasteiger partial charge in [0.1, 0.15) is 29.4 Å². The number of hydrogen-bond acceptors (Lipinski definition) is 12. The predicted molar refractivity (Wildman–Crippen MR) is 279 cm³/mol. The lowest BCUT2D eigenvalue weighted by Gasteiger charge is -2.13. The Labute approximate surface area is 427 Å². The summed E-state index contributed by atoms with van der Waals surface area (Å²) in [5, 5.41) is 0. The second-order valence-corrected chi connectivity index (χ2v) is 18.0. The minimum absolute atomic E-state index is 0.101. The van der Waals surface area contributed by atoms with E-state index in [2.05, 4.69) is 13.8 Å². The standard InChI is InChI=1S/C61H64O12/c1-5-7-9-11-13-15-42(3)68-58(64)48-21-17-44(18-22-48)46-25-33-54(34-26-46)72-60(66)50-29-37-52(38-30-50)70-56(62)41-57(63)71-53-39-31-51(32-40-53)61(67)73-55-35-27-47(28-36-55)45-19-23-49(24-20-45)59(65)69-43(4)16-14-12-10-8-6-2/h17-40,42-43H,5-16,41H2,1-4H3. The van der Waals surface area contributed by atoms with Crippen LogP contribution >= 0.6 is 0 Å². The lowest BCUT2D eigenvalue weighted by atomic mass is 10.0. The first-order valence-corrected chi connectivity index (χ1v) is 25.3. The molecule has 0 radical (unpaired) electrons. The first-order chi connectivity index (χ1) is 35.4. The van der Waals surface area contributed by atoms with Gasteiger partial charge in [0.25, 0.3) is 0 Å². The van der Waals surface area contributed by atoms with E-state index in [1.165, 1.54) is 87.1 Å². The molecular formula is C61H64O12. The Hall–Kier alpha value is -7.86. The van der Waals surface area contributed by atoms with Crippen LogP contribution in [0.2, 0.25) is 0 Å². The quantitative estimate of drug-likeness (QED) is 0.0219. The smallest absolute Gasteiger partial charge is 0.343 e. The Morgan fingerprint density at radius 3 is 0.918 bits per heavy atom. The fourth-order valence-electron chi connectivity index (χ4n) is 7.82. The van der Waals surface area contributed by atoms with E-state index in [0.29, 0.717) is 22.6 Å². The second-order valence-electron chi connectivity index (χ2n) is 18.0. The van der Waals surface area contributed by atoms with E-state index in [4.69, 9.17) is 28.4 Å². The number of carbonyl (C=O) groups is 6. The van der Waals surface area contributed by atoms with E-state index in [9.17, 15) is 28.8 Å². The van der Waals surface area contributed by atoms with Gasteiger partial charge in [-0.3, -0.25) is 9.59 Å². The van der Waals surface area contributed by atoms with Gasteiger partial charge < -0.3 is 28.4 Å². The number of rotatable bonds is 26. The zero-order chi connectivity index (χ0) is 52.0. The molecule has 0 heterocycles. The van der Waals surface area contributed by atoms with E-state index in [1.807, 2.05) is 38.1 Å². The first-order valence-electron chi connectivity index (χ1n) is 25.3. The predicted octanol–water partition coefficient (Wildman–Crippen LogP) is 14.2. The maximum atomic E-state index is 12.9. The maximum Gasteiger partial charge on any atom is 0.343 e. The van der Waals surface area contributed by atoms with Crippen LogP contribution in [0.25, 0.3) is 22.3 Å². The van der Waals surface area contributed by atoms with Crippen LogP contribution in [0.15, 0.2) is 146 Å². The molecule has 73 heavy (non-hydrogen) atoms. The van der Waals surface area contributed by atoms with E-state index >= 15 is 0 Å². The van der Waals surface area contributed by atoms with Gasteiger partial charge in [0, 0.05) is 0 Å². The van der Waals surface area contributed by atoms with Gasteiger partial charge in [0.2, 0.25) is 0 Å². The molecule has 6 rings (SSSR count). The fourth-order valence-corrected chi connectivity index (χ4v) is 7.82. The largest absolute Gasteiger partial charge is 0.459 e. The Kier molecular flexibility index (Phi) is 21.1. The van der Waals surface area contributed by atoms with Gasteiger partial charge in [-0.1, -0.05) is 114 Å². The van der Waals surface area contributed by atoms with Crippen molar-refractivity contribution >= 4 is 35.8 Å². The van der Waals surface area contributed by atoms with Gasteiger partial charge in [-0.2, -0.15) is 0 Å². The highest BCUT2D eigenvalue weighted by atomic mass is 16.6. The highest BCUT2D eigenvalue weighted by Crippen LogP contribution is 2.27. The lowest BCUT2D eigenvalue weighted by Crippen LogP contribution is -2.18. The molecule has 0 fully saturated rings. The molecule has 12 nitrogen and oxygen atoms in total. The van der Waals surface area contributed by atoms with E-state index in [1.54, 1.807) is 72.8 Å². The zero-order valence-corrected chi connectivity index (χ0v) is 42.1. The molecule has 2 unspecified atom stereocenters. The molecular weight excluding hydrogens is 925 g/mol. The summed E-state index contributed by atoms with van der Waals surface area (Å²) in [6, 6.07) is 39.5. The van der Waals surface area contributed by atoms with Crippen molar-refractivity contribution in [2.75, 3.05) is 0 Å². The van der Waals surface area contributed by atoms with Gasteiger partial charge in [-0.05, 0) is 159 Å². The summed E-state index contributed by atoms with van der Waals surface area (Å²) in [5.41, 5.74) is 4.84. The van der Waals surface area contributed by atoms with Gasteiger partial charge in [-0.15, -0.1) is 0 Å². The molecule has 0 aliphatic rings. The van der Waals surface area contributed by atoms with Crippen LogP contribution < -0.4 is 18.9 Å². The van der Waals surface area contributed by atoms with Crippen LogP contribution in [0.3, 0.4) is 0 Å². The second kappa shape index (κ2) is 28.2. The number of benzene rings is 6. The minimum Gasteiger partial charge on any atom is -0.459 e. The molecule has 0 aliphatic heterocycles. The molecule has 6 aromatic carbocycles. The van der Waals surface area contributed by atoms with Crippen LogP contribution in [0.4, 0.5) is 0 Å². The topological polar surface area (TPSA) is 158 Å². The third-order valence-electron chi connectivity index (χ3n) is 12.0. The first kappa shape index (κ1) is 54.5. The normalized spacial score (nSPS) is 11.7. The number of ether oxygens (including phenoxy) is 6. The molecule has 2 atom stereocenters. The molecule has 0 amide bonds. The van der Waals surface area contributed by atoms with E-state index < -0.39 is 30.3 Å². The van der Waals surface area contributed by atoms with Crippen LogP contribution in [-0.4, -0.2) is 48.0 Å². The van der Waals surface area contributed by atoms with Crippen molar-refractivity contribution in [1.29, 1.82) is 0 Å². The third kappa shape index (κ3) is 17.7. The molecule has 0 N–H and O–H groups in total. The van der Waals surface area contributed by atoms with Crippen LogP contribution in [-0.2, 0) is 19.1 Å². The molecule has 0 saturated heterocycles. The summed E-state index contributed by atoms with van der Waals surface area (Å²) in [6.07, 6.45) is 12.3. The van der Waals surface area contributed by atoms with E-state index in [0.717, 1.165) is 60.8 Å². The molecule has 12 heteroatoms. The number of esters is 6. The van der Waals surface area contributed by atoms with Gasteiger partial charge in [0.05, 0.1) is 34.5 Å². The molecule has 0 saturated carbocycles. The van der Waals surface area contributed by atoms with Crippen molar-refractivity contribution in [1.82, 2.24) is 0 Å². The highest BCUT2D eigenvalue weighted by molar-refractivity contribution is 5.95. The minimum atomic E-state index is -0.884. The number of unbranched alkanes of at least 4 members (excludes halogenated alkanes) is 8. The Morgan fingerprint density at radius 2 is 0.589 bits per heavy atom. The summed E-state index contributed by atoms with van der Waals surface area (Å²) in [5.74, 6) is -2.89. The monoisotopic (exact) mass is 988 g/mol. The van der Waals surface area contributed by atoms with Crippen LogP contribution in [0.1, 0.15) is 153 Å². The molecule has 6 aromatic rings. The summed E-state index contributed by atoms with van der Waals surface area (Å²) in [4.78, 5) is 76.3. The Morgan fingerprint density at radius 1 is 0.329 bits per heavy atom. The van der Waals surface area contributed by atoms with Gasteiger partial charge in [0.15, 0.2) is 0 Å². The molecule has 0 spiro atoms. The summed E-state index contributed by atoms with van der Waals surface area (Å²) >= 11 is 0. The highest BCUT2D eigenvalue weighted by Gasteiger charge is 2.18. The van der Waals surface area contributed by atoms with Crippen molar-refractivity contribution in [3.05, 3.63) is 168 Å². The average Bonchev–Trinajstić information content (AvgIpc) is 3.39. The Balaban J connectivity index is 0.886. The molecule has 0 bridgehead atoms. The lowest BCUT2D eigenvalue weighted by molar-refractivity contribution is -0.144. The number of carbonyl (C=O) groups excluding carboxylic acids is 6. The van der Waals surface area contributed by atoms with E-state index in [-0.39, 0.29) is 46.8 Å². The van der Waals surface area contributed by atoms with Crippen molar-refractivity contribution in [3.63, 3.8) is 0 Å². The Bertz CT molecular complexity index is 2540. The van der Waals surface area contributed by atoms with Crippen molar-refractivity contribution in [2.24, 2.45) is 0 Å². The fraction of sp³-hybridized carbons (Fsp3) is 0.311. The SMILES string of the molecule is CCCCCCCC(C)OC(=O)c1ccc(-c2ccc(OC(=O)c3ccc(OC(=O)CC(=O)Oc4ccc(C(=O)Oc5ccc(-c6ccc(C(=O)OC(C)CCCCCCC)cc6)cc5)cc4)cc3)cc2)cc1. The van der Waals surface area contributed by atoms with Crippen LogP contribution in [0, 0.1) is 0 Å². The van der Waals surface area contributed by atoms with Gasteiger partial charge in [-0.25, -0.2) is 19.2 Å². The average molecular weight is 989 g/mol. The third-order valence-corrected chi connectivity index (χ3v) is 12.0. The summed E-state index contributed by atoms with van der Waals surface area (Å²) in [7, 11) is 0. The number of hydrogen-bond donors (Lipinski definition) is 0. The van der Waals surface area contributed by atoms with Crippen molar-refractivity contribution in [3.8, 4) is 45.3 Å². The molecule has 0 aliphatic carbocycles. The molecule has 0 aromatic heterocycles. The van der Waals surface area contributed by atoms with Crippen molar-refractivity contribution in [2.45, 2.75) is 123 Å². The van der Waals surface area contributed by atoms with Crippen molar-refractivity contribution < 1.29 is 57.2 Å².